The zero-order chi connectivity index (χ0) is 11.8. The van der Waals surface area contributed by atoms with E-state index in [2.05, 4.69) is 9.59 Å². The first-order valence-electron chi connectivity index (χ1n) is 3.99. The molecule has 0 saturated heterocycles. The Morgan fingerprint density at radius 3 is 2.50 bits per heavy atom. The Balaban J connectivity index is 2.57. The average Bonchev–Trinajstić information content (AvgIpc) is 2.75. The van der Waals surface area contributed by atoms with E-state index in [-0.39, 0.29) is 14.1 Å². The molecule has 16 heavy (non-hydrogen) atoms. The molecule has 0 bridgehead atoms. The van der Waals surface area contributed by atoms with Crippen molar-refractivity contribution >= 4 is 44.6 Å². The summed E-state index contributed by atoms with van der Waals surface area (Å²) in [5, 5.41) is 3.99. The molecule has 0 amide bonds. The van der Waals surface area contributed by atoms with Crippen LogP contribution in [0.5, 0.6) is 0 Å². The van der Waals surface area contributed by atoms with Gasteiger partial charge in [-0.25, -0.2) is 8.42 Å². The first-order chi connectivity index (χ1) is 7.51. The fraction of sp³-hybridized carbons (Fsp3) is 0. The largest absolute Gasteiger partial charge is 0.219 e. The van der Waals surface area contributed by atoms with Crippen LogP contribution < -0.4 is 0 Å². The number of nitrogens with zero attached hydrogens (tertiary/aromatic N) is 2. The Kier molecular flexibility index (Phi) is 3.16. The van der Waals surface area contributed by atoms with Crippen molar-refractivity contribution in [2.24, 2.45) is 0 Å². The van der Waals surface area contributed by atoms with Gasteiger partial charge in [-0.3, -0.25) is 0 Å². The number of hydrogen-bond donors (Lipinski definition) is 0. The van der Waals surface area contributed by atoms with Crippen LogP contribution in [0.15, 0.2) is 33.5 Å². The Morgan fingerprint density at radius 2 is 1.94 bits per heavy atom. The lowest BCUT2D eigenvalue weighted by Gasteiger charge is -2.02. The summed E-state index contributed by atoms with van der Waals surface area (Å²) in [4.78, 5) is 0.0768. The van der Waals surface area contributed by atoms with E-state index in [0.717, 1.165) is 11.5 Å². The summed E-state index contributed by atoms with van der Waals surface area (Å²) in [7, 11) is -3.58. The van der Waals surface area contributed by atoms with Gasteiger partial charge in [-0.1, -0.05) is 27.7 Å². The maximum Gasteiger partial charge on any atom is 0.219 e. The molecule has 2 aromatic rings. The third-order valence-electron chi connectivity index (χ3n) is 1.81. The van der Waals surface area contributed by atoms with Crippen molar-refractivity contribution in [2.45, 2.75) is 9.10 Å². The van der Waals surface area contributed by atoms with Crippen LogP contribution in [0.3, 0.4) is 0 Å². The molecule has 0 atom stereocenters. The molecule has 0 aliphatic carbocycles. The van der Waals surface area contributed by atoms with Gasteiger partial charge in [0.05, 0.1) is 21.1 Å². The molecule has 0 unspecified atom stereocenters. The van der Waals surface area contributed by atoms with Gasteiger partial charge in [0, 0.05) is 11.5 Å². The molecule has 1 aromatic heterocycles. The summed E-state index contributed by atoms with van der Waals surface area (Å²) in [6.07, 6.45) is 1.20. The molecule has 2 rings (SSSR count). The van der Waals surface area contributed by atoms with Crippen molar-refractivity contribution < 1.29 is 8.42 Å². The second-order valence-corrected chi connectivity index (χ2v) is 6.59. The molecule has 84 valence electrons. The average molecular weight is 295 g/mol. The molecule has 8 heteroatoms. The lowest BCUT2D eigenvalue weighted by Crippen LogP contribution is -1.99. The minimum Gasteiger partial charge on any atom is -0.218 e. The van der Waals surface area contributed by atoms with Crippen LogP contribution in [0.4, 0.5) is 0 Å². The highest BCUT2D eigenvalue weighted by atomic mass is 35.5. The van der Waals surface area contributed by atoms with Gasteiger partial charge in [-0.15, -0.1) is 5.10 Å². The summed E-state index contributed by atoms with van der Waals surface area (Å²) in [5.41, 5.74) is 0. The fourth-order valence-electron chi connectivity index (χ4n) is 1.04. The molecule has 1 aromatic carbocycles. The lowest BCUT2D eigenvalue weighted by atomic mass is 10.4. The number of aromatic nitrogens is 2. The van der Waals surface area contributed by atoms with Gasteiger partial charge < -0.3 is 0 Å². The van der Waals surface area contributed by atoms with Gasteiger partial charge in [0.25, 0.3) is 0 Å². The van der Waals surface area contributed by atoms with Crippen LogP contribution in [0.1, 0.15) is 0 Å². The number of benzene rings is 1. The van der Waals surface area contributed by atoms with Gasteiger partial charge in [0.2, 0.25) is 9.84 Å². The summed E-state index contributed by atoms with van der Waals surface area (Å²) in [6, 6.07) is 4.13. The third kappa shape index (κ3) is 2.06. The lowest BCUT2D eigenvalue weighted by molar-refractivity contribution is 0.598. The zero-order valence-corrected chi connectivity index (χ0v) is 10.7. The molecule has 0 spiro atoms. The number of sulfone groups is 1. The van der Waals surface area contributed by atoms with E-state index in [1.165, 1.54) is 24.4 Å². The second kappa shape index (κ2) is 4.29. The molecule has 0 fully saturated rings. The van der Waals surface area contributed by atoms with Crippen molar-refractivity contribution in [1.29, 1.82) is 0 Å². The summed E-state index contributed by atoms with van der Waals surface area (Å²) in [5.74, 6) is 0. The van der Waals surface area contributed by atoms with Crippen LogP contribution in [0.25, 0.3) is 0 Å². The van der Waals surface area contributed by atoms with E-state index in [4.69, 9.17) is 23.2 Å². The van der Waals surface area contributed by atoms with Crippen molar-refractivity contribution in [3.8, 4) is 0 Å². The minimum atomic E-state index is -3.58. The van der Waals surface area contributed by atoms with Crippen molar-refractivity contribution in [3.05, 3.63) is 34.4 Å². The van der Waals surface area contributed by atoms with Crippen LogP contribution in [-0.4, -0.2) is 18.0 Å². The van der Waals surface area contributed by atoms with Gasteiger partial charge in [0.1, 0.15) is 0 Å². The van der Waals surface area contributed by atoms with Gasteiger partial charge in [0.15, 0.2) is 4.21 Å². The number of hydrogen-bond acceptors (Lipinski definition) is 5. The minimum absolute atomic E-state index is 0.0749. The van der Waals surface area contributed by atoms with Crippen LogP contribution >= 0.6 is 34.7 Å². The maximum absolute atomic E-state index is 12.0. The molecule has 4 nitrogen and oxygen atoms in total. The molecule has 0 radical (unpaired) electrons. The van der Waals surface area contributed by atoms with Gasteiger partial charge in [-0.2, -0.15) is 0 Å². The SMILES string of the molecule is O=S(=O)(c1ccc(Cl)c(Cl)c1)c1cnns1. The highest BCUT2D eigenvalue weighted by Gasteiger charge is 2.20. The van der Waals surface area contributed by atoms with E-state index in [1.807, 2.05) is 0 Å². The summed E-state index contributed by atoms with van der Waals surface area (Å²) < 4.78 is 27.6. The molecular formula is C8H4Cl2N2O2S2. The van der Waals surface area contributed by atoms with E-state index in [1.54, 1.807) is 0 Å². The first kappa shape index (κ1) is 11.8. The highest BCUT2D eigenvalue weighted by Crippen LogP contribution is 2.28. The Morgan fingerprint density at radius 1 is 1.19 bits per heavy atom. The Bertz CT molecular complexity index is 611. The van der Waals surface area contributed by atoms with Crippen molar-refractivity contribution in [3.63, 3.8) is 0 Å². The predicted molar refractivity (Wildman–Crippen MR) is 61.8 cm³/mol. The first-order valence-corrected chi connectivity index (χ1v) is 7.00. The smallest absolute Gasteiger partial charge is 0.218 e. The Labute approximate surface area is 106 Å². The molecule has 1 heterocycles. The van der Waals surface area contributed by atoms with E-state index in [9.17, 15) is 8.42 Å². The Hall–Kier alpha value is -0.690. The fourth-order valence-corrected chi connectivity index (χ4v) is 3.39. The van der Waals surface area contributed by atoms with Gasteiger partial charge in [-0.05, 0) is 18.2 Å². The standard InChI is InChI=1S/C8H4Cl2N2O2S2/c9-6-2-1-5(3-7(6)10)16(13,14)8-4-11-12-15-8/h1-4H. The normalized spacial score (nSPS) is 11.6. The molecule has 0 aliphatic heterocycles. The van der Waals surface area contributed by atoms with E-state index >= 15 is 0 Å². The quantitative estimate of drug-likeness (QED) is 0.854. The summed E-state index contributed by atoms with van der Waals surface area (Å²) >= 11 is 12.3. The number of halogens is 2. The molecular weight excluding hydrogens is 291 g/mol. The number of rotatable bonds is 2. The van der Waals surface area contributed by atoms with E-state index in [0.29, 0.717) is 5.02 Å². The summed E-state index contributed by atoms with van der Waals surface area (Å²) in [6.45, 7) is 0. The van der Waals surface area contributed by atoms with Crippen molar-refractivity contribution in [2.75, 3.05) is 0 Å². The topological polar surface area (TPSA) is 59.9 Å². The second-order valence-electron chi connectivity index (χ2n) is 2.82. The van der Waals surface area contributed by atoms with E-state index < -0.39 is 9.84 Å². The van der Waals surface area contributed by atoms with Crippen LogP contribution in [0.2, 0.25) is 10.0 Å². The molecule has 0 aliphatic rings. The molecule has 0 N–H and O–H groups in total. The highest BCUT2D eigenvalue weighted by molar-refractivity contribution is 7.93. The predicted octanol–water partition coefficient (Wildman–Crippen LogP) is 2.68. The van der Waals surface area contributed by atoms with Gasteiger partial charge >= 0.3 is 0 Å². The van der Waals surface area contributed by atoms with Crippen molar-refractivity contribution in [1.82, 2.24) is 9.59 Å². The third-order valence-corrected chi connectivity index (χ3v) is 5.40. The zero-order valence-electron chi connectivity index (χ0n) is 7.59. The maximum atomic E-state index is 12.0. The molecule has 0 saturated carbocycles. The van der Waals surface area contributed by atoms with Crippen LogP contribution in [0, 0.1) is 0 Å². The van der Waals surface area contributed by atoms with Crippen LogP contribution in [-0.2, 0) is 9.84 Å². The monoisotopic (exact) mass is 294 g/mol.